The van der Waals surface area contributed by atoms with E-state index in [1.807, 2.05) is 27.8 Å². The van der Waals surface area contributed by atoms with Crippen LogP contribution < -0.4 is 5.73 Å². The average molecular weight is 270 g/mol. The summed E-state index contributed by atoms with van der Waals surface area (Å²) >= 11 is 0. The summed E-state index contributed by atoms with van der Waals surface area (Å²) in [6, 6.07) is 0.281. The van der Waals surface area contributed by atoms with Crippen LogP contribution in [0.15, 0.2) is 0 Å². The predicted molar refractivity (Wildman–Crippen MR) is 77.8 cm³/mol. The maximum Gasteiger partial charge on any atom is 0.225 e. The van der Waals surface area contributed by atoms with Gasteiger partial charge >= 0.3 is 0 Å². The quantitative estimate of drug-likeness (QED) is 0.803. The summed E-state index contributed by atoms with van der Waals surface area (Å²) in [5, 5.41) is 0. The first-order chi connectivity index (χ1) is 8.91. The molecule has 0 aromatic heterocycles. The lowest BCUT2D eigenvalue weighted by Gasteiger charge is -2.32. The summed E-state index contributed by atoms with van der Waals surface area (Å²) in [6.07, 6.45) is 4.61. The van der Waals surface area contributed by atoms with Gasteiger partial charge in [0.2, 0.25) is 5.91 Å². The average Bonchev–Trinajstić information content (AvgIpc) is 2.36. The molecular formula is C15H30N2O2. The van der Waals surface area contributed by atoms with Gasteiger partial charge in [-0.2, -0.15) is 0 Å². The van der Waals surface area contributed by atoms with Crippen LogP contribution in [-0.4, -0.2) is 43.2 Å². The minimum atomic E-state index is 0.0791. The molecule has 1 aliphatic rings. The van der Waals surface area contributed by atoms with Crippen molar-refractivity contribution in [3.05, 3.63) is 0 Å². The summed E-state index contributed by atoms with van der Waals surface area (Å²) in [7, 11) is 1.87. The Morgan fingerprint density at radius 2 is 2.05 bits per heavy atom. The lowest BCUT2D eigenvalue weighted by Crippen LogP contribution is -2.40. The van der Waals surface area contributed by atoms with Gasteiger partial charge in [0.1, 0.15) is 0 Å². The fraction of sp³-hybridized carbons (Fsp3) is 0.933. The third-order valence-electron chi connectivity index (χ3n) is 4.11. The van der Waals surface area contributed by atoms with Gasteiger partial charge in [-0.25, -0.2) is 0 Å². The van der Waals surface area contributed by atoms with Crippen molar-refractivity contribution >= 4 is 5.91 Å². The molecule has 1 rings (SSSR count). The van der Waals surface area contributed by atoms with Crippen LogP contribution in [0.5, 0.6) is 0 Å². The molecule has 2 N–H and O–H groups in total. The monoisotopic (exact) mass is 270 g/mol. The molecule has 1 amide bonds. The maximum absolute atomic E-state index is 12.4. The second-order valence-corrected chi connectivity index (χ2v) is 6.15. The Morgan fingerprint density at radius 1 is 1.37 bits per heavy atom. The van der Waals surface area contributed by atoms with Crippen LogP contribution in [0.4, 0.5) is 0 Å². The molecule has 1 fully saturated rings. The Hall–Kier alpha value is -0.610. The van der Waals surface area contributed by atoms with Crippen LogP contribution in [0.1, 0.15) is 46.5 Å². The number of hydrogen-bond acceptors (Lipinski definition) is 3. The smallest absolute Gasteiger partial charge is 0.225 e. The third kappa shape index (κ3) is 5.49. The lowest BCUT2D eigenvalue weighted by atomic mass is 9.78. The van der Waals surface area contributed by atoms with E-state index in [1.54, 1.807) is 4.90 Å². The zero-order chi connectivity index (χ0) is 14.4. The molecule has 0 spiro atoms. The molecular weight excluding hydrogens is 240 g/mol. The number of nitrogens with two attached hydrogens (primary N) is 1. The first-order valence-electron chi connectivity index (χ1n) is 7.54. The predicted octanol–water partition coefficient (Wildman–Crippen LogP) is 2.02. The van der Waals surface area contributed by atoms with Gasteiger partial charge in [0.05, 0.1) is 12.7 Å². The van der Waals surface area contributed by atoms with Crippen LogP contribution in [-0.2, 0) is 9.53 Å². The van der Waals surface area contributed by atoms with Crippen molar-refractivity contribution in [3.63, 3.8) is 0 Å². The number of nitrogens with zero attached hydrogens (tertiary/aromatic N) is 1. The first kappa shape index (κ1) is 16.4. The molecule has 0 aromatic rings. The SMILES string of the molecule is CC(C)OCCN(C)C(=O)C(C)C1CCCC(N)C1. The summed E-state index contributed by atoms with van der Waals surface area (Å²) in [4.78, 5) is 14.2. The normalized spacial score (nSPS) is 25.4. The van der Waals surface area contributed by atoms with Crippen molar-refractivity contribution in [2.24, 2.45) is 17.6 Å². The van der Waals surface area contributed by atoms with E-state index in [0.717, 1.165) is 25.7 Å². The molecule has 0 bridgehead atoms. The zero-order valence-corrected chi connectivity index (χ0v) is 12.9. The Bertz CT molecular complexity index is 281. The topological polar surface area (TPSA) is 55.6 Å². The highest BCUT2D eigenvalue weighted by atomic mass is 16.5. The Balaban J connectivity index is 2.37. The maximum atomic E-state index is 12.4. The van der Waals surface area contributed by atoms with E-state index >= 15 is 0 Å². The second kappa shape index (κ2) is 7.85. The fourth-order valence-electron chi connectivity index (χ4n) is 2.81. The van der Waals surface area contributed by atoms with Crippen LogP contribution in [0.3, 0.4) is 0 Å². The Kier molecular flexibility index (Phi) is 6.80. The number of ether oxygens (including phenoxy) is 1. The number of amides is 1. The molecule has 0 heterocycles. The van der Waals surface area contributed by atoms with E-state index < -0.39 is 0 Å². The number of carbonyl (C=O) groups is 1. The summed E-state index contributed by atoms with van der Waals surface area (Å²) in [5.74, 6) is 0.756. The van der Waals surface area contributed by atoms with Gasteiger partial charge in [0.25, 0.3) is 0 Å². The minimum absolute atomic E-state index is 0.0791. The van der Waals surface area contributed by atoms with Crippen molar-refractivity contribution in [1.29, 1.82) is 0 Å². The highest BCUT2D eigenvalue weighted by molar-refractivity contribution is 5.78. The van der Waals surface area contributed by atoms with Gasteiger partial charge < -0.3 is 15.4 Å². The highest BCUT2D eigenvalue weighted by Crippen LogP contribution is 2.30. The van der Waals surface area contributed by atoms with Crippen molar-refractivity contribution in [2.75, 3.05) is 20.2 Å². The molecule has 112 valence electrons. The van der Waals surface area contributed by atoms with E-state index in [9.17, 15) is 4.79 Å². The third-order valence-corrected chi connectivity index (χ3v) is 4.11. The van der Waals surface area contributed by atoms with Crippen LogP contribution >= 0.6 is 0 Å². The van der Waals surface area contributed by atoms with Crippen molar-refractivity contribution in [3.8, 4) is 0 Å². The fourth-order valence-corrected chi connectivity index (χ4v) is 2.81. The molecule has 3 unspecified atom stereocenters. The van der Waals surface area contributed by atoms with E-state index in [0.29, 0.717) is 19.1 Å². The van der Waals surface area contributed by atoms with Crippen LogP contribution in [0.25, 0.3) is 0 Å². The largest absolute Gasteiger partial charge is 0.377 e. The number of hydrogen-bond donors (Lipinski definition) is 1. The molecule has 3 atom stereocenters. The number of carbonyl (C=O) groups excluding carboxylic acids is 1. The molecule has 0 aromatic carbocycles. The second-order valence-electron chi connectivity index (χ2n) is 6.15. The molecule has 4 heteroatoms. The van der Waals surface area contributed by atoms with Gasteiger partial charge in [-0.15, -0.1) is 0 Å². The Morgan fingerprint density at radius 3 is 2.63 bits per heavy atom. The molecule has 0 saturated heterocycles. The van der Waals surface area contributed by atoms with Crippen LogP contribution in [0.2, 0.25) is 0 Å². The van der Waals surface area contributed by atoms with E-state index in [2.05, 4.69) is 0 Å². The molecule has 4 nitrogen and oxygen atoms in total. The van der Waals surface area contributed by atoms with Gasteiger partial charge in [-0.05, 0) is 39.0 Å². The Labute approximate surface area is 117 Å². The molecule has 0 aliphatic heterocycles. The minimum Gasteiger partial charge on any atom is -0.377 e. The van der Waals surface area contributed by atoms with Gasteiger partial charge in [-0.3, -0.25) is 4.79 Å². The number of rotatable bonds is 6. The summed E-state index contributed by atoms with van der Waals surface area (Å²) < 4.78 is 5.49. The van der Waals surface area contributed by atoms with E-state index in [1.165, 1.54) is 0 Å². The molecule has 0 radical (unpaired) electrons. The highest BCUT2D eigenvalue weighted by Gasteiger charge is 2.29. The van der Waals surface area contributed by atoms with Crippen molar-refractivity contribution in [1.82, 2.24) is 4.90 Å². The van der Waals surface area contributed by atoms with Gasteiger partial charge in [0, 0.05) is 25.6 Å². The molecule has 1 saturated carbocycles. The van der Waals surface area contributed by atoms with Crippen molar-refractivity contribution < 1.29 is 9.53 Å². The van der Waals surface area contributed by atoms with Crippen molar-refractivity contribution in [2.45, 2.75) is 58.6 Å². The standard InChI is InChI=1S/C15H30N2O2/c1-11(2)19-9-8-17(4)15(18)12(3)13-6-5-7-14(16)10-13/h11-14H,5-10,16H2,1-4H3. The number of likely N-dealkylation sites (N-methyl/N-ethyl adjacent to an activating group) is 1. The van der Waals surface area contributed by atoms with E-state index in [4.69, 9.17) is 10.5 Å². The van der Waals surface area contributed by atoms with Gasteiger partial charge in [-0.1, -0.05) is 13.3 Å². The summed E-state index contributed by atoms with van der Waals surface area (Å²) in [5.41, 5.74) is 6.01. The summed E-state index contributed by atoms with van der Waals surface area (Å²) in [6.45, 7) is 7.34. The van der Waals surface area contributed by atoms with Gasteiger partial charge in [0.15, 0.2) is 0 Å². The van der Waals surface area contributed by atoms with E-state index in [-0.39, 0.29) is 24.0 Å². The first-order valence-corrected chi connectivity index (χ1v) is 7.54. The zero-order valence-electron chi connectivity index (χ0n) is 12.9. The van der Waals surface area contributed by atoms with Crippen LogP contribution in [0, 0.1) is 11.8 Å². The lowest BCUT2D eigenvalue weighted by molar-refractivity contribution is -0.136. The molecule has 1 aliphatic carbocycles. The molecule has 19 heavy (non-hydrogen) atoms.